The molecule has 0 bridgehead atoms. The van der Waals surface area contributed by atoms with Crippen LogP contribution in [0.15, 0.2) is 0 Å². The normalized spacial score (nSPS) is 25.6. The molecule has 2 rings (SSSR count). The van der Waals surface area contributed by atoms with E-state index in [9.17, 15) is 0 Å². The second-order valence-electron chi connectivity index (χ2n) is 4.48. The Balaban J connectivity index is 1.64. The second-order valence-corrected chi connectivity index (χ2v) is 4.48. The lowest BCUT2D eigenvalue weighted by Gasteiger charge is -2.41. The van der Waals surface area contributed by atoms with E-state index in [1.807, 2.05) is 7.05 Å². The molecule has 1 N–H and O–H groups in total. The van der Waals surface area contributed by atoms with Gasteiger partial charge in [0.2, 0.25) is 0 Å². The Morgan fingerprint density at radius 2 is 2.23 bits per heavy atom. The van der Waals surface area contributed by atoms with Crippen LogP contribution in [-0.2, 0) is 9.47 Å². The summed E-state index contributed by atoms with van der Waals surface area (Å²) >= 11 is 0. The van der Waals surface area contributed by atoms with E-state index in [1.54, 1.807) is 0 Å². The maximum absolute atomic E-state index is 5.70. The van der Waals surface area contributed by atoms with Gasteiger partial charge in [0, 0.05) is 13.2 Å². The molecule has 0 amide bonds. The third-order valence-corrected chi connectivity index (χ3v) is 2.83. The first kappa shape index (κ1) is 9.44. The lowest BCUT2D eigenvalue weighted by atomic mass is 9.87. The Bertz CT molecular complexity index is 164. The lowest BCUT2D eigenvalue weighted by molar-refractivity contribution is -0.146. The van der Waals surface area contributed by atoms with Crippen molar-refractivity contribution in [2.45, 2.75) is 12.8 Å². The first-order chi connectivity index (χ1) is 6.35. The quantitative estimate of drug-likeness (QED) is 0.659. The summed E-state index contributed by atoms with van der Waals surface area (Å²) in [6.07, 6.45) is 2.74. The molecule has 0 aromatic heterocycles. The highest BCUT2D eigenvalue weighted by molar-refractivity contribution is 4.87. The van der Waals surface area contributed by atoms with E-state index in [0.29, 0.717) is 0 Å². The summed E-state index contributed by atoms with van der Waals surface area (Å²) in [5, 5.41) is 3.20. The number of nitrogens with one attached hydrogen (secondary N) is 1. The monoisotopic (exact) mass is 185 g/mol. The van der Waals surface area contributed by atoms with Crippen molar-refractivity contribution in [2.75, 3.05) is 40.0 Å². The first-order valence-corrected chi connectivity index (χ1v) is 5.15. The minimum Gasteiger partial charge on any atom is -0.380 e. The highest BCUT2D eigenvalue weighted by atomic mass is 16.5. The van der Waals surface area contributed by atoms with E-state index in [2.05, 4.69) is 5.32 Å². The second kappa shape index (κ2) is 3.95. The van der Waals surface area contributed by atoms with Gasteiger partial charge >= 0.3 is 0 Å². The summed E-state index contributed by atoms with van der Waals surface area (Å²) < 4.78 is 10.9. The van der Waals surface area contributed by atoms with Crippen LogP contribution in [0.4, 0.5) is 0 Å². The van der Waals surface area contributed by atoms with Crippen molar-refractivity contribution >= 4 is 0 Å². The van der Waals surface area contributed by atoms with Gasteiger partial charge in [-0.05, 0) is 25.8 Å². The number of ether oxygens (including phenoxy) is 2. The van der Waals surface area contributed by atoms with Crippen LogP contribution in [0.25, 0.3) is 0 Å². The van der Waals surface area contributed by atoms with Crippen LogP contribution in [0.5, 0.6) is 0 Å². The molecule has 3 heteroatoms. The summed E-state index contributed by atoms with van der Waals surface area (Å²) in [6, 6.07) is 0. The van der Waals surface area contributed by atoms with Gasteiger partial charge in [-0.1, -0.05) is 0 Å². The fourth-order valence-electron chi connectivity index (χ4n) is 1.73. The highest BCUT2D eigenvalue weighted by Gasteiger charge is 2.38. The van der Waals surface area contributed by atoms with Crippen molar-refractivity contribution in [3.8, 4) is 0 Å². The third kappa shape index (κ3) is 2.42. The number of hydrogen-bond acceptors (Lipinski definition) is 3. The topological polar surface area (TPSA) is 30.5 Å². The van der Waals surface area contributed by atoms with E-state index in [0.717, 1.165) is 38.9 Å². The van der Waals surface area contributed by atoms with E-state index >= 15 is 0 Å². The van der Waals surface area contributed by atoms with Gasteiger partial charge in [-0.15, -0.1) is 0 Å². The molecule has 0 atom stereocenters. The van der Waals surface area contributed by atoms with Crippen LogP contribution in [0, 0.1) is 11.3 Å². The molecule has 0 aromatic carbocycles. The third-order valence-electron chi connectivity index (χ3n) is 2.83. The van der Waals surface area contributed by atoms with Crippen LogP contribution in [0.1, 0.15) is 12.8 Å². The van der Waals surface area contributed by atoms with Crippen LogP contribution in [0.2, 0.25) is 0 Å². The Hall–Kier alpha value is -0.120. The molecule has 1 saturated carbocycles. The molecule has 13 heavy (non-hydrogen) atoms. The van der Waals surface area contributed by atoms with Crippen LogP contribution >= 0.6 is 0 Å². The molecule has 0 spiro atoms. The average Bonchev–Trinajstić information content (AvgIpc) is 2.83. The molecule has 76 valence electrons. The van der Waals surface area contributed by atoms with Gasteiger partial charge in [-0.25, -0.2) is 0 Å². The molecular formula is C10H19NO2. The zero-order valence-corrected chi connectivity index (χ0v) is 8.34. The Kier molecular flexibility index (Phi) is 2.86. The summed E-state index contributed by atoms with van der Waals surface area (Å²) in [7, 11) is 1.99. The molecule has 1 aliphatic heterocycles. The van der Waals surface area contributed by atoms with E-state index in [1.165, 1.54) is 12.8 Å². The Morgan fingerprint density at radius 1 is 1.46 bits per heavy atom. The minimum atomic E-state index is 0.281. The highest BCUT2D eigenvalue weighted by Crippen LogP contribution is 2.31. The van der Waals surface area contributed by atoms with Gasteiger partial charge in [0.25, 0.3) is 0 Å². The van der Waals surface area contributed by atoms with Crippen LogP contribution in [0.3, 0.4) is 0 Å². The average molecular weight is 185 g/mol. The van der Waals surface area contributed by atoms with Crippen molar-refractivity contribution < 1.29 is 9.47 Å². The summed E-state index contributed by atoms with van der Waals surface area (Å²) in [6.45, 7) is 4.56. The SMILES string of the molecule is CNCC1(COCC2CC2)COC1. The van der Waals surface area contributed by atoms with Gasteiger partial charge in [0.1, 0.15) is 0 Å². The fraction of sp³-hybridized carbons (Fsp3) is 1.00. The zero-order chi connectivity index (χ0) is 9.15. The van der Waals surface area contributed by atoms with Gasteiger partial charge in [0.15, 0.2) is 0 Å². The largest absolute Gasteiger partial charge is 0.380 e. The lowest BCUT2D eigenvalue weighted by Crippen LogP contribution is -2.52. The zero-order valence-electron chi connectivity index (χ0n) is 8.34. The van der Waals surface area contributed by atoms with Gasteiger partial charge in [-0.2, -0.15) is 0 Å². The van der Waals surface area contributed by atoms with Crippen molar-refractivity contribution in [3.63, 3.8) is 0 Å². The van der Waals surface area contributed by atoms with Gasteiger partial charge in [0.05, 0.1) is 25.2 Å². The van der Waals surface area contributed by atoms with E-state index in [4.69, 9.17) is 9.47 Å². The van der Waals surface area contributed by atoms with Gasteiger partial charge in [-0.3, -0.25) is 0 Å². The predicted molar refractivity (Wildman–Crippen MR) is 50.7 cm³/mol. The molecule has 1 saturated heterocycles. The maximum atomic E-state index is 5.70. The van der Waals surface area contributed by atoms with Gasteiger partial charge < -0.3 is 14.8 Å². The standard InChI is InChI=1S/C10H19NO2/c1-11-5-10(7-13-8-10)6-12-4-9-2-3-9/h9,11H,2-8H2,1H3. The molecule has 1 aliphatic carbocycles. The number of rotatable bonds is 6. The van der Waals surface area contributed by atoms with E-state index in [-0.39, 0.29) is 5.41 Å². The molecule has 2 aliphatic rings. The minimum absolute atomic E-state index is 0.281. The summed E-state index contributed by atoms with van der Waals surface area (Å²) in [4.78, 5) is 0. The summed E-state index contributed by atoms with van der Waals surface area (Å²) in [5.74, 6) is 0.868. The first-order valence-electron chi connectivity index (χ1n) is 5.15. The van der Waals surface area contributed by atoms with Crippen molar-refractivity contribution in [1.82, 2.24) is 5.32 Å². The van der Waals surface area contributed by atoms with Crippen LogP contribution in [-0.4, -0.2) is 40.0 Å². The molecular weight excluding hydrogens is 166 g/mol. The molecule has 3 nitrogen and oxygen atoms in total. The molecule has 0 aromatic rings. The molecule has 0 radical (unpaired) electrons. The predicted octanol–water partition coefficient (Wildman–Crippen LogP) is 0.649. The smallest absolute Gasteiger partial charge is 0.0579 e. The molecule has 1 heterocycles. The Labute approximate surface area is 79.8 Å². The van der Waals surface area contributed by atoms with Crippen molar-refractivity contribution in [2.24, 2.45) is 11.3 Å². The number of hydrogen-bond donors (Lipinski definition) is 1. The fourth-order valence-corrected chi connectivity index (χ4v) is 1.73. The maximum Gasteiger partial charge on any atom is 0.0579 e. The van der Waals surface area contributed by atoms with Crippen molar-refractivity contribution in [3.05, 3.63) is 0 Å². The van der Waals surface area contributed by atoms with Crippen molar-refractivity contribution in [1.29, 1.82) is 0 Å². The summed E-state index contributed by atoms with van der Waals surface area (Å²) in [5.41, 5.74) is 0.281. The molecule has 2 fully saturated rings. The molecule has 0 unspecified atom stereocenters. The van der Waals surface area contributed by atoms with E-state index < -0.39 is 0 Å². The Morgan fingerprint density at radius 3 is 2.69 bits per heavy atom. The van der Waals surface area contributed by atoms with Crippen LogP contribution < -0.4 is 5.32 Å².